The number of hydrogen-bond acceptors (Lipinski definition) is 5. The highest BCUT2D eigenvalue weighted by atomic mass is 16.5. The number of carboxylic acid groups (broad SMARTS) is 1. The maximum atomic E-state index is 14.4. The Balaban J connectivity index is 1.09. The SMILES string of the molecule is C=C(Nc1cc(C(=O)O)ccc1C)C1(NC(=O)c2ccc3c(C4CCCCC4)c4n(c3c2)CCCc2c-4ccc3nc(-c4ccc(OC)cc4)ccc23)CCCC1. The molecule has 0 unspecified atom stereocenters. The molecule has 1 aliphatic heterocycles. The van der Waals surface area contributed by atoms with Crippen LogP contribution in [0, 0.1) is 6.92 Å². The van der Waals surface area contributed by atoms with E-state index in [1.165, 1.54) is 65.3 Å². The molecule has 8 nitrogen and oxygen atoms in total. The molecule has 2 fully saturated rings. The number of ether oxygens (including phenoxy) is 1. The van der Waals surface area contributed by atoms with Gasteiger partial charge in [0.1, 0.15) is 5.75 Å². The largest absolute Gasteiger partial charge is 0.497 e. The van der Waals surface area contributed by atoms with Crippen molar-refractivity contribution in [2.75, 3.05) is 12.4 Å². The van der Waals surface area contributed by atoms with E-state index in [9.17, 15) is 14.7 Å². The number of aromatic carboxylic acids is 1. The van der Waals surface area contributed by atoms with Crippen molar-refractivity contribution < 1.29 is 19.4 Å². The molecule has 57 heavy (non-hydrogen) atoms. The third-order valence-corrected chi connectivity index (χ3v) is 13.0. The van der Waals surface area contributed by atoms with Gasteiger partial charge in [0, 0.05) is 50.9 Å². The lowest BCUT2D eigenvalue weighted by atomic mass is 9.81. The molecular weight excluding hydrogens is 709 g/mol. The Labute approximate surface area is 334 Å². The Morgan fingerprint density at radius 3 is 2.37 bits per heavy atom. The molecule has 3 aliphatic rings. The van der Waals surface area contributed by atoms with Crippen molar-refractivity contribution >= 4 is 39.4 Å². The van der Waals surface area contributed by atoms with Crippen LogP contribution in [0.1, 0.15) is 108 Å². The quantitative estimate of drug-likeness (QED) is 0.136. The van der Waals surface area contributed by atoms with Crippen molar-refractivity contribution in [3.8, 4) is 28.3 Å². The van der Waals surface area contributed by atoms with Crippen LogP contribution >= 0.6 is 0 Å². The second kappa shape index (κ2) is 14.9. The van der Waals surface area contributed by atoms with Crippen molar-refractivity contribution in [2.45, 2.75) is 95.6 Å². The maximum absolute atomic E-state index is 14.4. The Hall–Kier alpha value is -5.89. The molecule has 290 valence electrons. The van der Waals surface area contributed by atoms with Gasteiger partial charge in [0.05, 0.1) is 35.1 Å². The molecule has 2 aliphatic carbocycles. The van der Waals surface area contributed by atoms with Crippen molar-refractivity contribution in [1.82, 2.24) is 14.9 Å². The van der Waals surface area contributed by atoms with Crippen LogP contribution in [-0.2, 0) is 13.0 Å². The molecule has 6 aromatic rings. The molecule has 2 saturated carbocycles. The molecule has 4 aromatic carbocycles. The summed E-state index contributed by atoms with van der Waals surface area (Å²) in [5.74, 6) is 0.196. The van der Waals surface area contributed by atoms with Gasteiger partial charge in [-0.3, -0.25) is 4.79 Å². The lowest BCUT2D eigenvalue weighted by Gasteiger charge is -2.33. The summed E-state index contributed by atoms with van der Waals surface area (Å²) in [6.45, 7) is 7.23. The minimum Gasteiger partial charge on any atom is -0.497 e. The second-order valence-corrected chi connectivity index (χ2v) is 16.3. The zero-order chi connectivity index (χ0) is 39.3. The van der Waals surface area contributed by atoms with Gasteiger partial charge in [-0.1, -0.05) is 62.9 Å². The van der Waals surface area contributed by atoms with E-state index in [1.54, 1.807) is 25.3 Å². The number of hydrogen-bond donors (Lipinski definition) is 3. The van der Waals surface area contributed by atoms with E-state index in [2.05, 4.69) is 70.3 Å². The first-order chi connectivity index (χ1) is 27.7. The highest BCUT2D eigenvalue weighted by Gasteiger charge is 2.39. The molecule has 0 radical (unpaired) electrons. The number of carbonyl (C=O) groups excluding carboxylic acids is 1. The zero-order valence-corrected chi connectivity index (χ0v) is 32.9. The predicted molar refractivity (Wildman–Crippen MR) is 228 cm³/mol. The Morgan fingerprint density at radius 2 is 1.61 bits per heavy atom. The van der Waals surface area contributed by atoms with Crippen LogP contribution in [0.5, 0.6) is 5.75 Å². The highest BCUT2D eigenvalue weighted by Crippen LogP contribution is 2.47. The topological polar surface area (TPSA) is 105 Å². The fourth-order valence-corrected chi connectivity index (χ4v) is 9.88. The third kappa shape index (κ3) is 6.65. The summed E-state index contributed by atoms with van der Waals surface area (Å²) in [4.78, 5) is 31.3. The van der Waals surface area contributed by atoms with Crippen LogP contribution in [0.2, 0.25) is 0 Å². The van der Waals surface area contributed by atoms with Crippen molar-refractivity contribution in [3.63, 3.8) is 0 Å². The number of methoxy groups -OCH3 is 1. The van der Waals surface area contributed by atoms with Gasteiger partial charge in [-0.2, -0.15) is 0 Å². The summed E-state index contributed by atoms with van der Waals surface area (Å²) in [6, 6.07) is 28.4. The van der Waals surface area contributed by atoms with Gasteiger partial charge in [-0.25, -0.2) is 9.78 Å². The number of pyridine rings is 1. The number of carbonyl (C=O) groups is 2. The van der Waals surface area contributed by atoms with Crippen LogP contribution in [-0.4, -0.2) is 39.2 Å². The number of anilines is 1. The highest BCUT2D eigenvalue weighted by molar-refractivity contribution is 6.02. The molecule has 2 aromatic heterocycles. The first-order valence-corrected chi connectivity index (χ1v) is 20.6. The predicted octanol–water partition coefficient (Wildman–Crippen LogP) is 11.2. The van der Waals surface area contributed by atoms with E-state index in [-0.39, 0.29) is 11.5 Å². The van der Waals surface area contributed by atoms with Crippen LogP contribution in [0.15, 0.2) is 97.2 Å². The number of nitrogens with zero attached hydrogens (tertiary/aromatic N) is 2. The Morgan fingerprint density at radius 1 is 0.860 bits per heavy atom. The molecule has 8 heteroatoms. The average Bonchev–Trinajstić information content (AvgIpc) is 3.79. The lowest BCUT2D eigenvalue weighted by Crippen LogP contribution is -2.49. The molecule has 0 atom stereocenters. The van der Waals surface area contributed by atoms with Crippen molar-refractivity contribution in [3.05, 3.63) is 125 Å². The molecular formula is C49H50N4O4. The maximum Gasteiger partial charge on any atom is 0.335 e. The van der Waals surface area contributed by atoms with Crippen molar-refractivity contribution in [2.24, 2.45) is 0 Å². The molecule has 0 spiro atoms. The number of benzene rings is 4. The summed E-state index contributed by atoms with van der Waals surface area (Å²) in [5, 5.41) is 18.9. The van der Waals surface area contributed by atoms with E-state index in [4.69, 9.17) is 9.72 Å². The Bertz CT molecular complexity index is 2560. The standard InChI is InChI=1S/C49H50N4O4/c1-30-13-14-35(48(55)56)28-43(30)50-31(2)49(25-7-8-26-49)52-47(54)34-17-20-40-44(29-34)53-27-9-12-37-38-21-23-41(32-15-18-36(57-3)19-16-32)51-42(38)24-22-39(37)46(53)45(40)33-10-5-4-6-11-33/h13-24,28-29,33,50H,2,4-12,25-27H2,1,3H3,(H,52,54)(H,55,56). The zero-order valence-electron chi connectivity index (χ0n) is 32.9. The first-order valence-electron chi connectivity index (χ1n) is 20.6. The number of nitrogens with one attached hydrogen (secondary N) is 2. The van der Waals surface area contributed by atoms with Crippen LogP contribution in [0.25, 0.3) is 44.3 Å². The van der Waals surface area contributed by atoms with E-state index in [0.29, 0.717) is 22.9 Å². The molecule has 3 N–H and O–H groups in total. The third-order valence-electron chi connectivity index (χ3n) is 13.0. The number of fused-ring (bicyclic) bond motifs is 7. The van der Waals surface area contributed by atoms with E-state index >= 15 is 0 Å². The van der Waals surface area contributed by atoms with Crippen LogP contribution < -0.4 is 15.4 Å². The normalized spacial score (nSPS) is 16.5. The van der Waals surface area contributed by atoms with Gasteiger partial charge in [0.2, 0.25) is 0 Å². The van der Waals surface area contributed by atoms with Crippen LogP contribution in [0.4, 0.5) is 5.69 Å². The fourth-order valence-electron chi connectivity index (χ4n) is 9.88. The van der Waals surface area contributed by atoms with E-state index in [1.807, 2.05) is 25.1 Å². The van der Waals surface area contributed by atoms with Crippen LogP contribution in [0.3, 0.4) is 0 Å². The second-order valence-electron chi connectivity index (χ2n) is 16.3. The first kappa shape index (κ1) is 36.7. The van der Waals surface area contributed by atoms with Gasteiger partial charge >= 0.3 is 5.97 Å². The Kier molecular flexibility index (Phi) is 9.59. The van der Waals surface area contributed by atoms with Crippen molar-refractivity contribution in [1.29, 1.82) is 0 Å². The summed E-state index contributed by atoms with van der Waals surface area (Å²) in [5.41, 5.74) is 12.0. The smallest absolute Gasteiger partial charge is 0.335 e. The number of aryl methyl sites for hydroxylation is 3. The number of rotatable bonds is 9. The number of carboxylic acids is 1. The van der Waals surface area contributed by atoms with Gasteiger partial charge in [-0.15, -0.1) is 0 Å². The van der Waals surface area contributed by atoms with Gasteiger partial charge in [-0.05, 0) is 129 Å². The van der Waals surface area contributed by atoms with E-state index < -0.39 is 11.5 Å². The molecule has 9 rings (SSSR count). The minimum absolute atomic E-state index is 0.119. The molecule has 3 heterocycles. The fraction of sp³-hybridized carbons (Fsp3) is 0.327. The summed E-state index contributed by atoms with van der Waals surface area (Å²) >= 11 is 0. The average molecular weight is 759 g/mol. The summed E-state index contributed by atoms with van der Waals surface area (Å²) in [6.07, 6.45) is 11.5. The monoisotopic (exact) mass is 758 g/mol. The number of aromatic nitrogens is 2. The molecule has 1 amide bonds. The van der Waals surface area contributed by atoms with E-state index in [0.717, 1.165) is 78.7 Å². The summed E-state index contributed by atoms with van der Waals surface area (Å²) < 4.78 is 7.89. The van der Waals surface area contributed by atoms with Gasteiger partial charge in [0.25, 0.3) is 5.91 Å². The minimum atomic E-state index is -0.981. The van der Waals surface area contributed by atoms with Gasteiger partial charge in [0.15, 0.2) is 0 Å². The van der Waals surface area contributed by atoms with Gasteiger partial charge < -0.3 is 25.0 Å². The molecule has 0 bridgehead atoms. The molecule has 0 saturated heterocycles. The number of amides is 1. The summed E-state index contributed by atoms with van der Waals surface area (Å²) in [7, 11) is 1.68. The lowest BCUT2D eigenvalue weighted by molar-refractivity contribution is 0.0696.